The number of nitrogens with zero attached hydrogens (tertiary/aromatic N) is 1. The summed E-state index contributed by atoms with van der Waals surface area (Å²) in [6.45, 7) is 0.406. The molecule has 0 bridgehead atoms. The topological polar surface area (TPSA) is 40.5 Å². The molecule has 0 aromatic carbocycles. The highest BCUT2D eigenvalue weighted by molar-refractivity contribution is 6.06. The van der Waals surface area contributed by atoms with E-state index in [1.807, 2.05) is 0 Å². The van der Waals surface area contributed by atoms with Gasteiger partial charge in [0.25, 0.3) is 0 Å². The highest BCUT2D eigenvalue weighted by Gasteiger charge is 2.26. The summed E-state index contributed by atoms with van der Waals surface area (Å²) in [6.07, 6.45) is 0.807. The lowest BCUT2D eigenvalue weighted by Gasteiger charge is -2.11. The monoisotopic (exact) mass is 125 g/mol. The van der Waals surface area contributed by atoms with Gasteiger partial charge in [0.05, 0.1) is 12.1 Å². The average molecular weight is 125 g/mol. The Kier molecular flexibility index (Phi) is 1.88. The maximum absolute atomic E-state index is 10.1. The molecule has 48 valence electrons. The zero-order valence-electron chi connectivity index (χ0n) is 5.03. The van der Waals surface area contributed by atoms with E-state index >= 15 is 0 Å². The zero-order valence-corrected chi connectivity index (χ0v) is 5.03. The molecule has 0 aliphatic carbocycles. The van der Waals surface area contributed by atoms with Crippen LogP contribution in [0.5, 0.6) is 0 Å². The SMILES string of the molecule is [B]N1C[C@H](O)C[C@H]1C=O. The van der Waals surface area contributed by atoms with Crippen LogP contribution < -0.4 is 0 Å². The third kappa shape index (κ3) is 1.31. The number of aliphatic hydroxyl groups is 1. The van der Waals surface area contributed by atoms with Gasteiger partial charge in [-0.2, -0.15) is 0 Å². The van der Waals surface area contributed by atoms with Crippen LogP contribution in [-0.4, -0.2) is 42.9 Å². The molecule has 0 aromatic rings. The minimum Gasteiger partial charge on any atom is -0.392 e. The van der Waals surface area contributed by atoms with Crippen LogP contribution in [0.15, 0.2) is 0 Å². The summed E-state index contributed by atoms with van der Waals surface area (Å²) in [5, 5.41) is 8.92. The summed E-state index contributed by atoms with van der Waals surface area (Å²) in [5.74, 6) is 0. The minimum atomic E-state index is -0.426. The first-order valence-electron chi connectivity index (χ1n) is 2.88. The number of rotatable bonds is 1. The second-order valence-corrected chi connectivity index (χ2v) is 2.29. The first kappa shape index (κ1) is 6.77. The normalized spacial score (nSPS) is 37.0. The lowest BCUT2D eigenvalue weighted by molar-refractivity contribution is -0.110. The van der Waals surface area contributed by atoms with E-state index in [1.54, 1.807) is 0 Å². The highest BCUT2D eigenvalue weighted by atomic mass is 16.3. The van der Waals surface area contributed by atoms with Gasteiger partial charge >= 0.3 is 0 Å². The van der Waals surface area contributed by atoms with Gasteiger partial charge in [-0.1, -0.05) is 0 Å². The second-order valence-electron chi connectivity index (χ2n) is 2.29. The maximum atomic E-state index is 10.1. The number of carbonyl (C=O) groups is 1. The molecular weight excluding hydrogens is 117 g/mol. The van der Waals surface area contributed by atoms with E-state index in [9.17, 15) is 4.79 Å². The van der Waals surface area contributed by atoms with Crippen LogP contribution in [0, 0.1) is 0 Å². The number of β-amino-alcohol motifs (C(OH)–C–C–N with tert-alkyl or cyclic N) is 1. The maximum Gasteiger partial charge on any atom is 0.183 e. The standard InChI is InChI=1S/C5H8BNO2/c6-7-2-5(9)1-4(7)3-8/h3-5,9H,1-2H2/t4-,5+/m0/s1. The van der Waals surface area contributed by atoms with Gasteiger partial charge in [0.1, 0.15) is 6.29 Å². The van der Waals surface area contributed by atoms with Crippen molar-refractivity contribution >= 4 is 14.3 Å². The number of carbonyl (C=O) groups excluding carboxylic acids is 1. The lowest BCUT2D eigenvalue weighted by atomic mass is 10.2. The van der Waals surface area contributed by atoms with Crippen molar-refractivity contribution in [3.05, 3.63) is 0 Å². The fourth-order valence-electron chi connectivity index (χ4n) is 1.00. The van der Waals surface area contributed by atoms with E-state index in [1.165, 1.54) is 4.81 Å². The molecule has 4 heteroatoms. The minimum absolute atomic E-state index is 0.278. The quantitative estimate of drug-likeness (QED) is 0.350. The summed E-state index contributed by atoms with van der Waals surface area (Å²) in [7, 11) is 5.32. The molecule has 0 unspecified atom stereocenters. The molecule has 1 rings (SSSR count). The number of aldehydes is 1. The van der Waals surface area contributed by atoms with Gasteiger partial charge in [-0.3, -0.25) is 0 Å². The van der Waals surface area contributed by atoms with E-state index in [2.05, 4.69) is 0 Å². The first-order chi connectivity index (χ1) is 4.24. The Hall–Kier alpha value is -0.345. The van der Waals surface area contributed by atoms with E-state index in [4.69, 9.17) is 13.1 Å². The average Bonchev–Trinajstić information content (AvgIpc) is 2.10. The van der Waals surface area contributed by atoms with Gasteiger partial charge in [-0.25, -0.2) is 0 Å². The van der Waals surface area contributed by atoms with Gasteiger partial charge in [0, 0.05) is 6.54 Å². The molecule has 1 aliphatic heterocycles. The molecule has 2 atom stereocenters. The van der Waals surface area contributed by atoms with Crippen molar-refractivity contribution in [2.24, 2.45) is 0 Å². The Bertz CT molecular complexity index is 120. The predicted molar refractivity (Wildman–Crippen MR) is 32.9 cm³/mol. The van der Waals surface area contributed by atoms with Crippen molar-refractivity contribution in [1.29, 1.82) is 0 Å². The summed E-state index contributed by atoms with van der Waals surface area (Å²) in [5.41, 5.74) is 0. The molecule has 9 heavy (non-hydrogen) atoms. The van der Waals surface area contributed by atoms with Crippen LogP contribution in [0.1, 0.15) is 6.42 Å². The van der Waals surface area contributed by atoms with Crippen LogP contribution in [0.3, 0.4) is 0 Å². The summed E-state index contributed by atoms with van der Waals surface area (Å²) in [6, 6.07) is -0.278. The van der Waals surface area contributed by atoms with Crippen molar-refractivity contribution in [3.63, 3.8) is 0 Å². The largest absolute Gasteiger partial charge is 0.392 e. The summed E-state index contributed by atoms with van der Waals surface area (Å²) in [4.78, 5) is 11.5. The van der Waals surface area contributed by atoms with Crippen LogP contribution >= 0.6 is 0 Å². The van der Waals surface area contributed by atoms with Gasteiger partial charge < -0.3 is 14.7 Å². The molecule has 0 amide bonds. The van der Waals surface area contributed by atoms with Crippen molar-refractivity contribution in [2.45, 2.75) is 18.6 Å². The Balaban J connectivity index is 2.47. The van der Waals surface area contributed by atoms with Crippen LogP contribution in [0.25, 0.3) is 0 Å². The molecule has 1 saturated heterocycles. The molecule has 0 spiro atoms. The van der Waals surface area contributed by atoms with E-state index in [-0.39, 0.29) is 6.04 Å². The van der Waals surface area contributed by atoms with Crippen LogP contribution in [-0.2, 0) is 4.79 Å². The molecule has 1 N–H and O–H groups in total. The molecule has 1 fully saturated rings. The van der Waals surface area contributed by atoms with Crippen LogP contribution in [0.2, 0.25) is 0 Å². The fraction of sp³-hybridized carbons (Fsp3) is 0.800. The van der Waals surface area contributed by atoms with Gasteiger partial charge in [0.15, 0.2) is 7.98 Å². The Morgan fingerprint density at radius 2 is 2.44 bits per heavy atom. The molecule has 3 nitrogen and oxygen atoms in total. The zero-order chi connectivity index (χ0) is 6.85. The fourth-order valence-corrected chi connectivity index (χ4v) is 1.00. The third-order valence-corrected chi connectivity index (χ3v) is 1.52. The molecule has 0 aromatic heterocycles. The molecular formula is C5H8BNO2. The lowest BCUT2D eigenvalue weighted by Crippen LogP contribution is -2.27. The van der Waals surface area contributed by atoms with Crippen LogP contribution in [0.4, 0.5) is 0 Å². The Labute approximate surface area is 55.1 Å². The smallest absolute Gasteiger partial charge is 0.183 e. The summed E-state index contributed by atoms with van der Waals surface area (Å²) >= 11 is 0. The predicted octanol–water partition coefficient (Wildman–Crippen LogP) is -1.30. The molecule has 1 heterocycles. The Morgan fingerprint density at radius 3 is 2.67 bits per heavy atom. The first-order valence-corrected chi connectivity index (χ1v) is 2.88. The highest BCUT2D eigenvalue weighted by Crippen LogP contribution is 2.12. The van der Waals surface area contributed by atoms with Gasteiger partial charge in [0.2, 0.25) is 0 Å². The van der Waals surface area contributed by atoms with E-state index in [0.717, 1.165) is 6.29 Å². The summed E-state index contributed by atoms with van der Waals surface area (Å²) < 4.78 is 0. The number of hydrogen-bond donors (Lipinski definition) is 1. The molecule has 1 aliphatic rings. The number of hydrogen-bond acceptors (Lipinski definition) is 3. The second kappa shape index (κ2) is 2.50. The van der Waals surface area contributed by atoms with Gasteiger partial charge in [-0.15, -0.1) is 0 Å². The van der Waals surface area contributed by atoms with Crippen molar-refractivity contribution < 1.29 is 9.90 Å². The molecule has 0 saturated carbocycles. The Morgan fingerprint density at radius 1 is 1.78 bits per heavy atom. The van der Waals surface area contributed by atoms with Crippen molar-refractivity contribution in [1.82, 2.24) is 4.81 Å². The van der Waals surface area contributed by atoms with E-state index < -0.39 is 6.10 Å². The molecule has 2 radical (unpaired) electrons. The van der Waals surface area contributed by atoms with E-state index in [0.29, 0.717) is 13.0 Å². The van der Waals surface area contributed by atoms with Crippen molar-refractivity contribution in [2.75, 3.05) is 6.54 Å². The third-order valence-electron chi connectivity index (χ3n) is 1.52. The van der Waals surface area contributed by atoms with Crippen molar-refractivity contribution in [3.8, 4) is 0 Å². The van der Waals surface area contributed by atoms with Gasteiger partial charge in [-0.05, 0) is 6.42 Å². The number of aliphatic hydroxyl groups excluding tert-OH is 1.